The fourth-order valence-corrected chi connectivity index (χ4v) is 1.93. The summed E-state index contributed by atoms with van der Waals surface area (Å²) in [6, 6.07) is 9.13. The first-order valence-corrected chi connectivity index (χ1v) is 6.72. The van der Waals surface area contributed by atoms with Crippen molar-refractivity contribution in [1.29, 1.82) is 0 Å². The molecule has 0 unspecified atom stereocenters. The first-order chi connectivity index (χ1) is 10.3. The number of anilines is 2. The molecule has 0 spiro atoms. The van der Waals surface area contributed by atoms with E-state index in [1.165, 1.54) is 36.4 Å². The first-order valence-electron chi connectivity index (χ1n) is 5.96. The molecule has 2 rings (SSSR count). The Labute approximate surface area is 134 Å². The van der Waals surface area contributed by atoms with Gasteiger partial charge in [-0.15, -0.1) is 13.2 Å². The van der Waals surface area contributed by atoms with E-state index >= 15 is 0 Å². The quantitative estimate of drug-likeness (QED) is 0.708. The molecular weight excluding hydrogens is 340 g/mol. The number of carbonyl (C=O) groups excluding carboxylic acids is 1. The highest BCUT2D eigenvalue weighted by Crippen LogP contribution is 2.30. The van der Waals surface area contributed by atoms with Gasteiger partial charge in [-0.3, -0.25) is 0 Å². The average Bonchev–Trinajstić information content (AvgIpc) is 2.42. The lowest BCUT2D eigenvalue weighted by Gasteiger charge is -2.25. The van der Waals surface area contributed by atoms with E-state index in [-0.39, 0.29) is 21.3 Å². The molecule has 2 aromatic carbocycles. The van der Waals surface area contributed by atoms with Crippen molar-refractivity contribution in [3.8, 4) is 0 Å². The second-order valence-electron chi connectivity index (χ2n) is 4.22. The monoisotopic (exact) mass is 348 g/mol. The number of amides is 2. The minimum atomic E-state index is -4.88. The zero-order valence-electron chi connectivity index (χ0n) is 10.9. The number of hydrogen-bond acceptors (Lipinski definition) is 1. The molecule has 116 valence electrons. The molecular formula is C14H9Cl2F3N2O. The Morgan fingerprint density at radius 2 is 1.36 bits per heavy atom. The number of rotatable bonds is 2. The van der Waals surface area contributed by atoms with Crippen molar-refractivity contribution in [3.05, 3.63) is 58.6 Å². The molecule has 0 bridgehead atoms. The molecule has 3 nitrogen and oxygen atoms in total. The normalized spacial score (nSPS) is 11.1. The maximum Gasteiger partial charge on any atom is 0.493 e. The lowest BCUT2D eigenvalue weighted by atomic mass is 10.3. The van der Waals surface area contributed by atoms with Crippen LogP contribution >= 0.6 is 23.2 Å². The minimum Gasteiger partial charge on any atom is -0.307 e. The van der Waals surface area contributed by atoms with Crippen molar-refractivity contribution in [2.75, 3.05) is 10.2 Å². The summed E-state index contributed by atoms with van der Waals surface area (Å²) in [5, 5.41) is 2.84. The SMILES string of the molecule is O=C(Nc1ccc(Cl)cc1)N(c1ccc(Cl)cc1)C(F)(F)F. The highest BCUT2D eigenvalue weighted by Gasteiger charge is 2.42. The van der Waals surface area contributed by atoms with E-state index < -0.39 is 12.3 Å². The van der Waals surface area contributed by atoms with Crippen LogP contribution in [-0.4, -0.2) is 12.3 Å². The Balaban J connectivity index is 2.27. The largest absolute Gasteiger partial charge is 0.493 e. The van der Waals surface area contributed by atoms with Crippen molar-refractivity contribution >= 4 is 40.6 Å². The Morgan fingerprint density at radius 1 is 0.909 bits per heavy atom. The minimum absolute atomic E-state index is 0.192. The number of carbonyl (C=O) groups is 1. The van der Waals surface area contributed by atoms with E-state index in [1.54, 1.807) is 0 Å². The molecule has 0 fully saturated rings. The Morgan fingerprint density at radius 3 is 1.82 bits per heavy atom. The Hall–Kier alpha value is -1.92. The van der Waals surface area contributed by atoms with E-state index in [1.807, 2.05) is 0 Å². The number of nitrogens with one attached hydrogen (secondary N) is 1. The zero-order valence-corrected chi connectivity index (χ0v) is 12.4. The van der Waals surface area contributed by atoms with Gasteiger partial charge in [0.05, 0.1) is 5.69 Å². The van der Waals surface area contributed by atoms with Gasteiger partial charge < -0.3 is 5.32 Å². The Kier molecular flexibility index (Phi) is 4.83. The van der Waals surface area contributed by atoms with Crippen LogP contribution < -0.4 is 10.2 Å². The smallest absolute Gasteiger partial charge is 0.307 e. The molecule has 8 heteroatoms. The number of halogens is 5. The van der Waals surface area contributed by atoms with E-state index in [2.05, 4.69) is 5.32 Å². The molecule has 0 saturated carbocycles. The predicted molar refractivity (Wildman–Crippen MR) is 80.5 cm³/mol. The topological polar surface area (TPSA) is 32.3 Å². The van der Waals surface area contributed by atoms with Crippen molar-refractivity contribution in [2.45, 2.75) is 6.30 Å². The molecule has 0 aliphatic carbocycles. The van der Waals surface area contributed by atoms with Crippen molar-refractivity contribution < 1.29 is 18.0 Å². The number of benzene rings is 2. The van der Waals surface area contributed by atoms with Crippen LogP contribution in [0.15, 0.2) is 48.5 Å². The van der Waals surface area contributed by atoms with Crippen molar-refractivity contribution in [3.63, 3.8) is 0 Å². The molecule has 0 aromatic heterocycles. The molecule has 0 heterocycles. The van der Waals surface area contributed by atoms with Crippen LogP contribution in [0.4, 0.5) is 29.3 Å². The maximum atomic E-state index is 13.1. The van der Waals surface area contributed by atoms with Crippen molar-refractivity contribution in [1.82, 2.24) is 0 Å². The fourth-order valence-electron chi connectivity index (χ4n) is 1.68. The summed E-state index contributed by atoms with van der Waals surface area (Å²) in [7, 11) is 0. The van der Waals surface area contributed by atoms with Gasteiger partial charge >= 0.3 is 12.3 Å². The lowest BCUT2D eigenvalue weighted by molar-refractivity contribution is -0.120. The van der Waals surface area contributed by atoms with Gasteiger partial charge in [-0.2, -0.15) is 0 Å². The van der Waals surface area contributed by atoms with Gasteiger partial charge in [-0.1, -0.05) is 23.2 Å². The van der Waals surface area contributed by atoms with Crippen LogP contribution in [0.25, 0.3) is 0 Å². The summed E-state index contributed by atoms with van der Waals surface area (Å²) < 4.78 is 39.4. The third kappa shape index (κ3) is 4.05. The second-order valence-corrected chi connectivity index (χ2v) is 5.09. The summed E-state index contributed by atoms with van der Waals surface area (Å²) in [5.41, 5.74) is -0.152. The molecule has 0 atom stereocenters. The third-order valence-corrected chi connectivity index (χ3v) is 3.14. The van der Waals surface area contributed by atoms with E-state index in [0.717, 1.165) is 12.1 Å². The zero-order chi connectivity index (χ0) is 16.3. The standard InChI is InChI=1S/C14H9Cl2F3N2O/c15-9-1-5-11(6-2-9)20-13(22)21(14(17,18)19)12-7-3-10(16)4-8-12/h1-8H,(H,20,22). The first kappa shape index (κ1) is 16.5. The summed E-state index contributed by atoms with van der Waals surface area (Å²) in [6.07, 6.45) is -4.88. The average molecular weight is 349 g/mol. The van der Waals surface area contributed by atoms with Gasteiger partial charge in [0.2, 0.25) is 0 Å². The van der Waals surface area contributed by atoms with Crippen LogP contribution in [0.5, 0.6) is 0 Å². The van der Waals surface area contributed by atoms with Crippen LogP contribution in [-0.2, 0) is 0 Å². The van der Waals surface area contributed by atoms with E-state index in [4.69, 9.17) is 23.2 Å². The lowest BCUT2D eigenvalue weighted by Crippen LogP contribution is -2.45. The van der Waals surface area contributed by atoms with Gasteiger partial charge in [0.1, 0.15) is 0 Å². The number of alkyl halides is 3. The molecule has 2 amide bonds. The summed E-state index contributed by atoms with van der Waals surface area (Å²) >= 11 is 11.3. The molecule has 1 N–H and O–H groups in total. The van der Waals surface area contributed by atoms with Gasteiger partial charge in [0.15, 0.2) is 0 Å². The van der Waals surface area contributed by atoms with Gasteiger partial charge in [-0.05, 0) is 48.5 Å². The van der Waals surface area contributed by atoms with Crippen LogP contribution in [0, 0.1) is 0 Å². The van der Waals surface area contributed by atoms with Crippen LogP contribution in [0.3, 0.4) is 0 Å². The predicted octanol–water partition coefficient (Wildman–Crippen LogP) is 5.55. The highest BCUT2D eigenvalue weighted by molar-refractivity contribution is 6.31. The third-order valence-electron chi connectivity index (χ3n) is 2.64. The van der Waals surface area contributed by atoms with Gasteiger partial charge in [0, 0.05) is 15.7 Å². The number of urea groups is 1. The van der Waals surface area contributed by atoms with E-state index in [9.17, 15) is 18.0 Å². The number of hydrogen-bond donors (Lipinski definition) is 1. The maximum absolute atomic E-state index is 13.1. The highest BCUT2D eigenvalue weighted by atomic mass is 35.5. The molecule has 0 radical (unpaired) electrons. The van der Waals surface area contributed by atoms with Gasteiger partial charge in [0.25, 0.3) is 0 Å². The molecule has 0 aliphatic heterocycles. The molecule has 22 heavy (non-hydrogen) atoms. The molecule has 0 saturated heterocycles. The summed E-state index contributed by atoms with van der Waals surface area (Å²) in [6.45, 7) is 0. The van der Waals surface area contributed by atoms with Crippen LogP contribution in [0.2, 0.25) is 10.0 Å². The molecule has 2 aromatic rings. The summed E-state index contributed by atoms with van der Waals surface area (Å²) in [4.78, 5) is 11.7. The molecule has 0 aliphatic rings. The second kappa shape index (κ2) is 6.46. The van der Waals surface area contributed by atoms with Crippen molar-refractivity contribution in [2.24, 2.45) is 0 Å². The van der Waals surface area contributed by atoms with Crippen LogP contribution in [0.1, 0.15) is 0 Å². The number of nitrogens with zero attached hydrogens (tertiary/aromatic N) is 1. The van der Waals surface area contributed by atoms with Gasteiger partial charge in [-0.25, -0.2) is 9.69 Å². The summed E-state index contributed by atoms with van der Waals surface area (Å²) in [5.74, 6) is 0. The Bertz CT molecular complexity index is 657. The van der Waals surface area contributed by atoms with E-state index in [0.29, 0.717) is 5.02 Å². The fraction of sp³-hybridized carbons (Fsp3) is 0.0714.